The van der Waals surface area contributed by atoms with Gasteiger partial charge in [0, 0.05) is 42.8 Å². The van der Waals surface area contributed by atoms with Gasteiger partial charge in [0.05, 0.1) is 16.8 Å². The first-order valence-electron chi connectivity index (χ1n) is 11.6. The summed E-state index contributed by atoms with van der Waals surface area (Å²) in [5, 5.41) is 3.42. The van der Waals surface area contributed by atoms with E-state index >= 15 is 0 Å². The van der Waals surface area contributed by atoms with Crippen LogP contribution in [0.25, 0.3) is 16.8 Å². The number of nitrogens with zero attached hydrogens (tertiary/aromatic N) is 2. The van der Waals surface area contributed by atoms with E-state index in [0.717, 1.165) is 38.9 Å². The van der Waals surface area contributed by atoms with Crippen molar-refractivity contribution in [1.29, 1.82) is 0 Å². The molecule has 0 aliphatic carbocycles. The number of halogens is 2. The van der Waals surface area contributed by atoms with E-state index in [1.54, 1.807) is 13.0 Å². The molecule has 0 spiro atoms. The maximum Gasteiger partial charge on any atom is 0.256 e. The lowest BCUT2D eigenvalue weighted by atomic mass is 9.94. The summed E-state index contributed by atoms with van der Waals surface area (Å²) in [6, 6.07) is 19.5. The summed E-state index contributed by atoms with van der Waals surface area (Å²) in [5.74, 6) is -0.204. The number of carbonyl (C=O) groups is 1. The molecule has 0 radical (unpaired) electrons. The van der Waals surface area contributed by atoms with Gasteiger partial charge in [-0.1, -0.05) is 58.4 Å². The highest BCUT2D eigenvalue weighted by Crippen LogP contribution is 2.36. The van der Waals surface area contributed by atoms with Crippen LogP contribution in [0.5, 0.6) is 0 Å². The lowest BCUT2D eigenvalue weighted by Gasteiger charge is -2.32. The maximum absolute atomic E-state index is 14.5. The van der Waals surface area contributed by atoms with Crippen molar-refractivity contribution in [1.82, 2.24) is 14.6 Å². The average Bonchev–Trinajstić information content (AvgIpc) is 3.14. The maximum atomic E-state index is 14.5. The summed E-state index contributed by atoms with van der Waals surface area (Å²) < 4.78 is 17.5. The van der Waals surface area contributed by atoms with Crippen LogP contribution >= 0.6 is 15.9 Å². The van der Waals surface area contributed by atoms with Gasteiger partial charge < -0.3 is 14.6 Å². The van der Waals surface area contributed by atoms with E-state index in [-0.39, 0.29) is 17.8 Å². The van der Waals surface area contributed by atoms with Crippen molar-refractivity contribution in [3.05, 3.63) is 99.4 Å². The quantitative estimate of drug-likeness (QED) is 0.367. The van der Waals surface area contributed by atoms with E-state index in [0.29, 0.717) is 30.6 Å². The van der Waals surface area contributed by atoms with Crippen LogP contribution in [0.3, 0.4) is 0 Å². The number of nitrogens with one attached hydrogen (secondary N) is 1. The Bertz CT molecular complexity index is 1370. The fourth-order valence-electron chi connectivity index (χ4n) is 4.91. The smallest absolute Gasteiger partial charge is 0.256 e. The van der Waals surface area contributed by atoms with Crippen LogP contribution in [0.4, 0.5) is 4.39 Å². The van der Waals surface area contributed by atoms with Crippen LogP contribution in [-0.2, 0) is 6.42 Å². The SMILES string of the molecule is Cc1c(F)cccc1Cc1c(C(=O)N2CCNC(C)C2)c2cc(Br)ccn2c1-c1ccccc1. The first-order chi connectivity index (χ1) is 16.4. The topological polar surface area (TPSA) is 36.8 Å². The van der Waals surface area contributed by atoms with E-state index in [9.17, 15) is 9.18 Å². The zero-order valence-electron chi connectivity index (χ0n) is 19.3. The molecule has 1 atom stereocenters. The van der Waals surface area contributed by atoms with Gasteiger partial charge in [0.25, 0.3) is 5.91 Å². The minimum atomic E-state index is -0.228. The summed E-state index contributed by atoms with van der Waals surface area (Å²) in [7, 11) is 0. The molecule has 6 heteroatoms. The van der Waals surface area contributed by atoms with E-state index in [1.807, 2.05) is 47.5 Å². The molecule has 2 aromatic carbocycles. The molecular formula is C28H27BrFN3O. The molecule has 4 nitrogen and oxygen atoms in total. The normalized spacial score (nSPS) is 16.2. The Morgan fingerprint density at radius 3 is 2.71 bits per heavy atom. The first-order valence-corrected chi connectivity index (χ1v) is 12.4. The monoisotopic (exact) mass is 519 g/mol. The zero-order valence-corrected chi connectivity index (χ0v) is 20.9. The molecule has 1 N–H and O–H groups in total. The molecular weight excluding hydrogens is 493 g/mol. The minimum Gasteiger partial charge on any atom is -0.336 e. The summed E-state index contributed by atoms with van der Waals surface area (Å²) in [6.07, 6.45) is 2.47. The summed E-state index contributed by atoms with van der Waals surface area (Å²) in [5.41, 5.74) is 5.97. The molecule has 0 saturated carbocycles. The number of fused-ring (bicyclic) bond motifs is 1. The number of hydrogen-bond acceptors (Lipinski definition) is 2. The molecule has 1 fully saturated rings. The van der Waals surface area contributed by atoms with Gasteiger partial charge in [0.1, 0.15) is 5.82 Å². The molecule has 4 aromatic rings. The number of amides is 1. The summed E-state index contributed by atoms with van der Waals surface area (Å²) in [6.45, 7) is 5.99. The Labute approximate surface area is 207 Å². The lowest BCUT2D eigenvalue weighted by Crippen LogP contribution is -2.51. The van der Waals surface area contributed by atoms with Gasteiger partial charge in [0.15, 0.2) is 0 Å². The zero-order chi connectivity index (χ0) is 23.8. The molecule has 174 valence electrons. The molecule has 5 rings (SSSR count). The molecule has 34 heavy (non-hydrogen) atoms. The number of carbonyl (C=O) groups excluding carboxylic acids is 1. The van der Waals surface area contributed by atoms with Crippen LogP contribution in [0.1, 0.15) is 34.0 Å². The Morgan fingerprint density at radius 1 is 1.15 bits per heavy atom. The predicted molar refractivity (Wildman–Crippen MR) is 138 cm³/mol. The van der Waals surface area contributed by atoms with Gasteiger partial charge in [-0.15, -0.1) is 0 Å². The number of benzene rings is 2. The van der Waals surface area contributed by atoms with Gasteiger partial charge in [-0.05, 0) is 54.3 Å². The van der Waals surface area contributed by atoms with Crippen molar-refractivity contribution < 1.29 is 9.18 Å². The highest BCUT2D eigenvalue weighted by atomic mass is 79.9. The van der Waals surface area contributed by atoms with Gasteiger partial charge in [0.2, 0.25) is 0 Å². The van der Waals surface area contributed by atoms with Crippen molar-refractivity contribution in [3.63, 3.8) is 0 Å². The third-order valence-corrected chi connectivity index (χ3v) is 7.16. The molecule has 1 aliphatic heterocycles. The van der Waals surface area contributed by atoms with Gasteiger partial charge in [-0.3, -0.25) is 4.79 Å². The fourth-order valence-corrected chi connectivity index (χ4v) is 5.24. The minimum absolute atomic E-state index is 0.0233. The van der Waals surface area contributed by atoms with Crippen LogP contribution in [0.2, 0.25) is 0 Å². The lowest BCUT2D eigenvalue weighted by molar-refractivity contribution is 0.0710. The van der Waals surface area contributed by atoms with Crippen LogP contribution < -0.4 is 5.32 Å². The van der Waals surface area contributed by atoms with Crippen LogP contribution in [-0.4, -0.2) is 40.9 Å². The van der Waals surface area contributed by atoms with E-state index in [1.165, 1.54) is 6.07 Å². The molecule has 2 aromatic heterocycles. The average molecular weight is 520 g/mol. The van der Waals surface area contributed by atoms with E-state index < -0.39 is 0 Å². The number of rotatable bonds is 4. The van der Waals surface area contributed by atoms with Crippen molar-refractivity contribution in [2.75, 3.05) is 19.6 Å². The summed E-state index contributed by atoms with van der Waals surface area (Å²) >= 11 is 3.60. The number of hydrogen-bond donors (Lipinski definition) is 1. The Hall–Kier alpha value is -2.96. The number of piperazine rings is 1. The van der Waals surface area contributed by atoms with E-state index in [4.69, 9.17) is 0 Å². The highest BCUT2D eigenvalue weighted by Gasteiger charge is 2.30. The third-order valence-electron chi connectivity index (χ3n) is 6.67. The third kappa shape index (κ3) is 4.17. The number of pyridine rings is 1. The predicted octanol–water partition coefficient (Wildman–Crippen LogP) is 5.84. The Balaban J connectivity index is 1.78. The second-order valence-corrected chi connectivity index (χ2v) is 9.89. The largest absolute Gasteiger partial charge is 0.336 e. The van der Waals surface area contributed by atoms with Crippen molar-refractivity contribution in [2.45, 2.75) is 26.3 Å². The van der Waals surface area contributed by atoms with Crippen molar-refractivity contribution >= 4 is 27.4 Å². The molecule has 1 unspecified atom stereocenters. The Morgan fingerprint density at radius 2 is 1.94 bits per heavy atom. The molecule has 0 bridgehead atoms. The molecule has 1 saturated heterocycles. The van der Waals surface area contributed by atoms with E-state index in [2.05, 4.69) is 44.7 Å². The second-order valence-electron chi connectivity index (χ2n) is 8.98. The second kappa shape index (κ2) is 9.35. The van der Waals surface area contributed by atoms with Gasteiger partial charge in [-0.25, -0.2) is 4.39 Å². The molecule has 1 aliphatic rings. The molecule has 3 heterocycles. The van der Waals surface area contributed by atoms with Gasteiger partial charge in [-0.2, -0.15) is 0 Å². The standard InChI is InChI=1S/C28H27BrFN3O/c1-18-17-32(14-12-31-18)28(34)26-23(15-21-9-6-10-24(30)19(21)2)27(20-7-4-3-5-8-20)33-13-11-22(29)16-25(26)33/h3-11,13,16,18,31H,12,14-15,17H2,1-2H3. The fraction of sp³-hybridized carbons (Fsp3) is 0.250. The summed E-state index contributed by atoms with van der Waals surface area (Å²) in [4.78, 5) is 16.0. The number of aromatic nitrogens is 1. The van der Waals surface area contributed by atoms with Gasteiger partial charge >= 0.3 is 0 Å². The molecule has 1 amide bonds. The van der Waals surface area contributed by atoms with Crippen LogP contribution in [0.15, 0.2) is 71.3 Å². The Kier molecular flexibility index (Phi) is 6.28. The van der Waals surface area contributed by atoms with Crippen molar-refractivity contribution in [2.24, 2.45) is 0 Å². The highest BCUT2D eigenvalue weighted by molar-refractivity contribution is 9.10. The van der Waals surface area contributed by atoms with Crippen molar-refractivity contribution in [3.8, 4) is 11.3 Å². The first kappa shape index (κ1) is 22.8. The van der Waals surface area contributed by atoms with Crippen LogP contribution in [0, 0.1) is 12.7 Å².